The van der Waals surface area contributed by atoms with Crippen molar-refractivity contribution in [1.29, 1.82) is 0 Å². The van der Waals surface area contributed by atoms with Crippen LogP contribution in [0.4, 0.5) is 0 Å². The maximum atomic E-state index is 12.3. The number of aliphatic hydroxyl groups excluding tert-OH is 1. The Kier molecular flexibility index (Phi) is 4.58. The molecule has 1 aromatic heterocycles. The fourth-order valence-corrected chi connectivity index (χ4v) is 7.32. The largest absolute Gasteiger partial charge is 0.388 e. The zero-order chi connectivity index (χ0) is 20.2. The number of nitrogens with zero attached hydrogens (tertiary/aromatic N) is 1. The molecule has 0 aromatic carbocycles. The highest BCUT2D eigenvalue weighted by molar-refractivity contribution is 5.82. The van der Waals surface area contributed by atoms with Crippen LogP contribution in [0.15, 0.2) is 48.3 Å². The molecule has 154 valence electrons. The fraction of sp³-hybridized carbons (Fsp3) is 0.615. The first-order valence-corrected chi connectivity index (χ1v) is 11.4. The molecule has 5 rings (SSSR count). The van der Waals surface area contributed by atoms with E-state index in [0.29, 0.717) is 41.3 Å². The number of fused-ring (bicyclic) bond motifs is 5. The average Bonchev–Trinajstić information content (AvgIpc) is 3.11. The second-order valence-electron chi connectivity index (χ2n) is 10.5. The third kappa shape index (κ3) is 3.04. The zero-order valence-corrected chi connectivity index (χ0v) is 17.7. The number of pyridine rings is 1. The number of ketones is 1. The van der Waals surface area contributed by atoms with Crippen LogP contribution in [0.25, 0.3) is 0 Å². The van der Waals surface area contributed by atoms with Gasteiger partial charge in [0.1, 0.15) is 5.78 Å². The van der Waals surface area contributed by atoms with E-state index in [4.69, 9.17) is 0 Å². The van der Waals surface area contributed by atoms with Gasteiger partial charge in [-0.05, 0) is 78.2 Å². The molecule has 4 aliphatic carbocycles. The Labute approximate surface area is 174 Å². The first-order valence-electron chi connectivity index (χ1n) is 11.4. The highest BCUT2D eigenvalue weighted by Crippen LogP contribution is 2.65. The van der Waals surface area contributed by atoms with E-state index in [9.17, 15) is 9.90 Å². The van der Waals surface area contributed by atoms with E-state index in [2.05, 4.69) is 37.1 Å². The standard InChI is InChI=1S/C26H33NO2/c1-25-9-3-6-21(25)24-18(14-23(29)17-5-4-12-27-16-17)13-19-15-20(28)7-11-26(19,2)22(24)8-10-25/h3-5,9,12-13,16,18,21-24,29H,6-8,10-11,14-15H2,1-2H3/t18?,21-,22+,23?,24-,25-,26-/m0/s1. The van der Waals surface area contributed by atoms with Gasteiger partial charge in [0.2, 0.25) is 0 Å². The fourth-order valence-electron chi connectivity index (χ4n) is 7.32. The SMILES string of the molecule is C[C@@]12C=CC[C@H]1[C@@H]1C(CC(O)c3cccnc3)C=C3CC(=O)CC[C@]3(C)[C@@H]1CC2. The van der Waals surface area contributed by atoms with Crippen LogP contribution in [0.5, 0.6) is 0 Å². The Hall–Kier alpha value is -1.74. The molecule has 4 aliphatic rings. The Balaban J connectivity index is 1.53. The number of aromatic nitrogens is 1. The van der Waals surface area contributed by atoms with E-state index >= 15 is 0 Å². The van der Waals surface area contributed by atoms with Crippen molar-refractivity contribution in [2.24, 2.45) is 34.5 Å². The van der Waals surface area contributed by atoms with Crippen molar-refractivity contribution in [3.63, 3.8) is 0 Å². The van der Waals surface area contributed by atoms with E-state index in [1.54, 1.807) is 12.4 Å². The van der Waals surface area contributed by atoms with E-state index in [-0.39, 0.29) is 5.41 Å². The molecule has 0 saturated heterocycles. The molecule has 1 heterocycles. The summed E-state index contributed by atoms with van der Waals surface area (Å²) in [6, 6.07) is 3.87. The van der Waals surface area contributed by atoms with Gasteiger partial charge in [0.25, 0.3) is 0 Å². The summed E-state index contributed by atoms with van der Waals surface area (Å²) in [4.78, 5) is 16.5. The second kappa shape index (κ2) is 6.91. The third-order valence-corrected chi connectivity index (χ3v) is 9.00. The molecule has 29 heavy (non-hydrogen) atoms. The van der Waals surface area contributed by atoms with Crippen molar-refractivity contribution >= 4 is 5.78 Å². The summed E-state index contributed by atoms with van der Waals surface area (Å²) in [5.41, 5.74) is 2.73. The van der Waals surface area contributed by atoms with Gasteiger partial charge in [-0.1, -0.05) is 43.7 Å². The minimum Gasteiger partial charge on any atom is -0.388 e. The summed E-state index contributed by atoms with van der Waals surface area (Å²) in [7, 11) is 0. The Morgan fingerprint density at radius 2 is 2.14 bits per heavy atom. The molecule has 0 bridgehead atoms. The molecule has 1 aromatic rings. The lowest BCUT2D eigenvalue weighted by Crippen LogP contribution is -2.52. The lowest BCUT2D eigenvalue weighted by molar-refractivity contribution is -0.122. The van der Waals surface area contributed by atoms with Crippen molar-refractivity contribution in [2.45, 2.75) is 64.9 Å². The molecule has 0 radical (unpaired) electrons. The molecule has 0 spiro atoms. The first kappa shape index (κ1) is 19.2. The molecule has 0 aliphatic heterocycles. The number of hydrogen-bond donors (Lipinski definition) is 1. The molecule has 2 fully saturated rings. The van der Waals surface area contributed by atoms with E-state index < -0.39 is 6.10 Å². The Bertz CT molecular complexity index is 859. The quantitative estimate of drug-likeness (QED) is 0.699. The van der Waals surface area contributed by atoms with Gasteiger partial charge in [-0.25, -0.2) is 0 Å². The van der Waals surface area contributed by atoms with Gasteiger partial charge >= 0.3 is 0 Å². The highest BCUT2D eigenvalue weighted by atomic mass is 16.3. The zero-order valence-electron chi connectivity index (χ0n) is 17.7. The summed E-state index contributed by atoms with van der Waals surface area (Å²) in [5.74, 6) is 2.58. The number of carbonyl (C=O) groups excluding carboxylic acids is 1. The maximum absolute atomic E-state index is 12.3. The van der Waals surface area contributed by atoms with Gasteiger partial charge in [-0.15, -0.1) is 0 Å². The molecule has 0 amide bonds. The highest BCUT2D eigenvalue weighted by Gasteiger charge is 2.57. The van der Waals surface area contributed by atoms with E-state index in [1.165, 1.54) is 18.4 Å². The smallest absolute Gasteiger partial charge is 0.136 e. The number of Topliss-reactive ketones (excluding diaryl/α,β-unsaturated/α-hetero) is 1. The average molecular weight is 392 g/mol. The summed E-state index contributed by atoms with van der Waals surface area (Å²) >= 11 is 0. The summed E-state index contributed by atoms with van der Waals surface area (Å²) < 4.78 is 0. The molecule has 3 nitrogen and oxygen atoms in total. The molecule has 2 unspecified atom stereocenters. The van der Waals surface area contributed by atoms with Gasteiger partial charge in [0.15, 0.2) is 0 Å². The van der Waals surface area contributed by atoms with Gasteiger partial charge in [0, 0.05) is 25.2 Å². The molecule has 7 atom stereocenters. The number of aliphatic hydroxyl groups is 1. The van der Waals surface area contributed by atoms with Crippen molar-refractivity contribution in [3.8, 4) is 0 Å². The van der Waals surface area contributed by atoms with Crippen LogP contribution in [-0.2, 0) is 4.79 Å². The molecular weight excluding hydrogens is 358 g/mol. The first-order chi connectivity index (χ1) is 13.9. The lowest BCUT2D eigenvalue weighted by Gasteiger charge is -2.59. The van der Waals surface area contributed by atoms with Gasteiger partial charge < -0.3 is 5.11 Å². The van der Waals surface area contributed by atoms with Crippen LogP contribution in [0.2, 0.25) is 0 Å². The normalized spacial score (nSPS) is 41.9. The third-order valence-electron chi connectivity index (χ3n) is 9.00. The minimum atomic E-state index is -0.502. The predicted molar refractivity (Wildman–Crippen MR) is 114 cm³/mol. The van der Waals surface area contributed by atoms with Crippen LogP contribution in [-0.4, -0.2) is 15.9 Å². The number of rotatable bonds is 3. The van der Waals surface area contributed by atoms with Crippen LogP contribution >= 0.6 is 0 Å². The summed E-state index contributed by atoms with van der Waals surface area (Å²) in [6.07, 6.45) is 17.1. The topological polar surface area (TPSA) is 50.2 Å². The molecule has 1 N–H and O–H groups in total. The van der Waals surface area contributed by atoms with Crippen molar-refractivity contribution in [2.75, 3.05) is 0 Å². The summed E-state index contributed by atoms with van der Waals surface area (Å²) in [5, 5.41) is 11.0. The summed E-state index contributed by atoms with van der Waals surface area (Å²) in [6.45, 7) is 4.87. The molecule has 3 heteroatoms. The lowest BCUT2D eigenvalue weighted by atomic mass is 9.45. The van der Waals surface area contributed by atoms with Crippen LogP contribution in [0.1, 0.15) is 70.5 Å². The van der Waals surface area contributed by atoms with Gasteiger partial charge in [-0.3, -0.25) is 9.78 Å². The van der Waals surface area contributed by atoms with Crippen LogP contribution in [0.3, 0.4) is 0 Å². The Morgan fingerprint density at radius 1 is 1.28 bits per heavy atom. The van der Waals surface area contributed by atoms with Crippen molar-refractivity contribution < 1.29 is 9.90 Å². The van der Waals surface area contributed by atoms with Crippen molar-refractivity contribution in [1.82, 2.24) is 4.98 Å². The molecular formula is C26H33NO2. The van der Waals surface area contributed by atoms with Crippen LogP contribution in [0, 0.1) is 34.5 Å². The molecule has 2 saturated carbocycles. The number of hydrogen-bond acceptors (Lipinski definition) is 3. The van der Waals surface area contributed by atoms with Gasteiger partial charge in [0.05, 0.1) is 6.10 Å². The number of allylic oxidation sites excluding steroid dienone is 4. The maximum Gasteiger partial charge on any atom is 0.136 e. The van der Waals surface area contributed by atoms with E-state index in [1.807, 2.05) is 12.1 Å². The number of carbonyl (C=O) groups is 1. The predicted octanol–water partition coefficient (Wildman–Crippen LogP) is 5.43. The second-order valence-corrected chi connectivity index (χ2v) is 10.5. The van der Waals surface area contributed by atoms with Crippen molar-refractivity contribution in [3.05, 3.63) is 53.9 Å². The van der Waals surface area contributed by atoms with Crippen LogP contribution < -0.4 is 0 Å². The monoisotopic (exact) mass is 391 g/mol. The minimum absolute atomic E-state index is 0.165. The van der Waals surface area contributed by atoms with E-state index in [0.717, 1.165) is 31.2 Å². The van der Waals surface area contributed by atoms with Gasteiger partial charge in [-0.2, -0.15) is 0 Å². The Morgan fingerprint density at radius 3 is 2.93 bits per heavy atom.